The molecule has 1 unspecified atom stereocenters. The fraction of sp³-hybridized carbons (Fsp3) is 0.250. The molecule has 0 aliphatic rings. The molecule has 0 saturated heterocycles. The summed E-state index contributed by atoms with van der Waals surface area (Å²) in [6.07, 6.45) is 0.941. The molecule has 0 heterocycles. The molecule has 9 heteroatoms. The summed E-state index contributed by atoms with van der Waals surface area (Å²) in [4.78, 5) is 23.2. The van der Waals surface area contributed by atoms with Crippen LogP contribution < -0.4 is 10.1 Å². The first-order valence-corrected chi connectivity index (χ1v) is 10.1. The maximum Gasteiger partial charge on any atom is 0.342 e. The van der Waals surface area contributed by atoms with Crippen LogP contribution in [0.2, 0.25) is 0 Å². The van der Waals surface area contributed by atoms with E-state index in [4.69, 9.17) is 14.3 Å². The monoisotopic (exact) mass is 418 g/mol. The molecule has 0 aliphatic heterocycles. The molecule has 0 bridgehead atoms. The second-order valence-electron chi connectivity index (χ2n) is 6.30. The molecule has 0 aromatic heterocycles. The molecular weight excluding hydrogens is 396 g/mol. The van der Waals surface area contributed by atoms with Crippen molar-refractivity contribution in [2.45, 2.75) is 25.2 Å². The van der Waals surface area contributed by atoms with Gasteiger partial charge in [-0.3, -0.25) is 9.59 Å². The van der Waals surface area contributed by atoms with Crippen LogP contribution in [0, 0.1) is 11.3 Å². The van der Waals surface area contributed by atoms with Crippen molar-refractivity contribution in [3.05, 3.63) is 53.6 Å². The number of methoxy groups -OCH3 is 1. The molecule has 154 valence electrons. The highest BCUT2D eigenvalue weighted by molar-refractivity contribution is 7.87. The van der Waals surface area contributed by atoms with E-state index >= 15 is 0 Å². The summed E-state index contributed by atoms with van der Waals surface area (Å²) in [5.41, 5.74) is 1.55. The van der Waals surface area contributed by atoms with Crippen LogP contribution in [-0.2, 0) is 30.3 Å². The van der Waals surface area contributed by atoms with Crippen LogP contribution in [0.1, 0.15) is 25.0 Å². The van der Waals surface area contributed by atoms with Gasteiger partial charge in [0.1, 0.15) is 10.6 Å². The Labute approximate surface area is 169 Å². The van der Waals surface area contributed by atoms with E-state index in [-0.39, 0.29) is 17.2 Å². The molecule has 0 radical (unpaired) electrons. The Bertz CT molecular complexity index is 1030. The van der Waals surface area contributed by atoms with Gasteiger partial charge < -0.3 is 19.6 Å². The number of anilines is 1. The molecule has 8 nitrogen and oxygen atoms in total. The van der Waals surface area contributed by atoms with Crippen LogP contribution in [0.5, 0.6) is 5.75 Å². The third-order valence-corrected chi connectivity index (χ3v) is 5.38. The smallest absolute Gasteiger partial charge is 0.342 e. The molecule has 2 aromatic carbocycles. The van der Waals surface area contributed by atoms with E-state index in [2.05, 4.69) is 5.32 Å². The van der Waals surface area contributed by atoms with Gasteiger partial charge in [0.05, 0.1) is 13.0 Å². The summed E-state index contributed by atoms with van der Waals surface area (Å²) < 4.78 is 35.3. The number of amides is 1. The molecule has 2 rings (SSSR count). The van der Waals surface area contributed by atoms with Gasteiger partial charge in [0, 0.05) is 25.2 Å². The Balaban J connectivity index is 2.49. The van der Waals surface area contributed by atoms with Gasteiger partial charge in [-0.1, -0.05) is 18.2 Å². The summed E-state index contributed by atoms with van der Waals surface area (Å²) in [6, 6.07) is 11.3. The van der Waals surface area contributed by atoms with E-state index in [9.17, 15) is 18.0 Å². The lowest BCUT2D eigenvalue weighted by Crippen LogP contribution is -2.21. The molecule has 1 amide bonds. The largest absolute Gasteiger partial charge is 0.497 e. The average molecular weight is 418 g/mol. The summed E-state index contributed by atoms with van der Waals surface area (Å²) in [5, 5.41) is 9.81. The van der Waals surface area contributed by atoms with Crippen molar-refractivity contribution < 1.29 is 26.9 Å². The Morgan fingerprint density at radius 2 is 1.86 bits per heavy atom. The van der Waals surface area contributed by atoms with E-state index in [1.807, 2.05) is 0 Å². The Morgan fingerprint density at radius 3 is 2.48 bits per heavy atom. The quantitative estimate of drug-likeness (QED) is 0.502. The second-order valence-corrected chi connectivity index (χ2v) is 7.82. The standard InChI is InChI=1S/C20H22N2O6S/c1-13(12-21)20(24)28-29(25,26)19-9-8-17(27-3)11-16(19)10-15-6-4-5-7-18(15)22-14(2)23/h4-9,11-13,21H,10H2,1-3H3,(H,22,23). The molecular formula is C20H22N2O6S. The zero-order valence-corrected chi connectivity index (χ0v) is 17.1. The van der Waals surface area contributed by atoms with Crippen molar-refractivity contribution in [3.63, 3.8) is 0 Å². The number of hydrogen-bond donors (Lipinski definition) is 2. The van der Waals surface area contributed by atoms with Crippen molar-refractivity contribution in [1.29, 1.82) is 5.41 Å². The lowest BCUT2D eigenvalue weighted by molar-refractivity contribution is -0.135. The normalized spacial score (nSPS) is 12.0. The number of hydrogen-bond acceptors (Lipinski definition) is 7. The predicted molar refractivity (Wildman–Crippen MR) is 108 cm³/mol. The van der Waals surface area contributed by atoms with Gasteiger partial charge in [-0.15, -0.1) is 0 Å². The molecule has 0 aliphatic carbocycles. The number of benzene rings is 2. The van der Waals surface area contributed by atoms with E-state index in [1.165, 1.54) is 39.2 Å². The number of rotatable bonds is 8. The van der Waals surface area contributed by atoms with E-state index < -0.39 is 22.0 Å². The van der Waals surface area contributed by atoms with Crippen molar-refractivity contribution in [2.24, 2.45) is 5.92 Å². The lowest BCUT2D eigenvalue weighted by Gasteiger charge is -2.15. The molecule has 0 saturated carbocycles. The van der Waals surface area contributed by atoms with Crippen molar-refractivity contribution in [1.82, 2.24) is 0 Å². The zero-order valence-electron chi connectivity index (χ0n) is 16.3. The minimum absolute atomic E-state index is 0.139. The number of carbonyl (C=O) groups is 2. The van der Waals surface area contributed by atoms with Gasteiger partial charge in [-0.2, -0.15) is 8.42 Å². The number of ether oxygens (including phenoxy) is 1. The maximum atomic E-state index is 12.7. The molecule has 0 fully saturated rings. The van der Waals surface area contributed by atoms with Crippen LogP contribution in [0.15, 0.2) is 47.4 Å². The zero-order chi connectivity index (χ0) is 21.6. The fourth-order valence-electron chi connectivity index (χ4n) is 2.55. The Morgan fingerprint density at radius 1 is 1.17 bits per heavy atom. The lowest BCUT2D eigenvalue weighted by atomic mass is 10.0. The van der Waals surface area contributed by atoms with E-state index in [0.717, 1.165) is 6.21 Å². The summed E-state index contributed by atoms with van der Waals surface area (Å²) in [6.45, 7) is 2.74. The second kappa shape index (κ2) is 9.33. The highest BCUT2D eigenvalue weighted by Gasteiger charge is 2.26. The highest BCUT2D eigenvalue weighted by Crippen LogP contribution is 2.28. The van der Waals surface area contributed by atoms with Gasteiger partial charge in [-0.25, -0.2) is 0 Å². The van der Waals surface area contributed by atoms with Crippen LogP contribution in [0.25, 0.3) is 0 Å². The maximum absolute atomic E-state index is 12.7. The topological polar surface area (TPSA) is 123 Å². The Kier molecular flexibility index (Phi) is 7.11. The fourth-order valence-corrected chi connectivity index (χ4v) is 3.70. The molecule has 1 atom stereocenters. The van der Waals surface area contributed by atoms with Gasteiger partial charge in [0.2, 0.25) is 5.91 Å². The highest BCUT2D eigenvalue weighted by atomic mass is 32.2. The molecule has 0 spiro atoms. The van der Waals surface area contributed by atoms with Crippen LogP contribution >= 0.6 is 0 Å². The minimum Gasteiger partial charge on any atom is -0.497 e. The van der Waals surface area contributed by atoms with Gasteiger partial charge in [-0.05, 0) is 42.3 Å². The SMILES string of the molecule is COc1ccc(S(=O)(=O)OC(=O)C(C)C=N)c(Cc2ccccc2NC(C)=O)c1. The van der Waals surface area contributed by atoms with Gasteiger partial charge in [0.15, 0.2) is 0 Å². The van der Waals surface area contributed by atoms with Crippen LogP contribution in [0.4, 0.5) is 5.69 Å². The summed E-state index contributed by atoms with van der Waals surface area (Å²) in [7, 11) is -2.97. The molecule has 2 aromatic rings. The summed E-state index contributed by atoms with van der Waals surface area (Å²) in [5.74, 6) is -1.87. The predicted octanol–water partition coefficient (Wildman–Crippen LogP) is 2.76. The van der Waals surface area contributed by atoms with Crippen molar-refractivity contribution in [3.8, 4) is 5.75 Å². The van der Waals surface area contributed by atoms with E-state index in [0.29, 0.717) is 22.6 Å². The minimum atomic E-state index is -4.42. The number of nitrogens with one attached hydrogen (secondary N) is 2. The first-order chi connectivity index (χ1) is 13.7. The summed E-state index contributed by atoms with van der Waals surface area (Å²) >= 11 is 0. The van der Waals surface area contributed by atoms with Gasteiger partial charge >= 0.3 is 16.1 Å². The van der Waals surface area contributed by atoms with Gasteiger partial charge in [0.25, 0.3) is 0 Å². The van der Waals surface area contributed by atoms with Crippen molar-refractivity contribution >= 4 is 33.9 Å². The third-order valence-electron chi connectivity index (χ3n) is 4.06. The first-order valence-electron chi connectivity index (χ1n) is 8.69. The van der Waals surface area contributed by atoms with Crippen LogP contribution in [-0.4, -0.2) is 33.6 Å². The van der Waals surface area contributed by atoms with Crippen LogP contribution in [0.3, 0.4) is 0 Å². The number of para-hydroxylation sites is 1. The average Bonchev–Trinajstić information content (AvgIpc) is 2.67. The van der Waals surface area contributed by atoms with E-state index in [1.54, 1.807) is 24.3 Å². The molecule has 29 heavy (non-hydrogen) atoms. The molecule has 2 N–H and O–H groups in total. The first kappa shape index (κ1) is 22.1. The third kappa shape index (κ3) is 5.64. The Hall–Kier alpha value is -3.20. The number of carbonyl (C=O) groups excluding carboxylic acids is 2. The van der Waals surface area contributed by atoms with Crippen molar-refractivity contribution in [2.75, 3.05) is 12.4 Å².